The molecule has 1 aliphatic heterocycles. The summed E-state index contributed by atoms with van der Waals surface area (Å²) in [4.78, 5) is 35.1. The second-order valence-electron chi connectivity index (χ2n) is 4.91. The van der Waals surface area contributed by atoms with Crippen LogP contribution in [-0.4, -0.2) is 66.8 Å². The van der Waals surface area contributed by atoms with Gasteiger partial charge in [-0.25, -0.2) is 4.79 Å². The molecule has 0 aromatic carbocycles. The molecule has 3 N–H and O–H groups in total. The van der Waals surface area contributed by atoms with Gasteiger partial charge < -0.3 is 25.4 Å². The van der Waals surface area contributed by atoms with Gasteiger partial charge >= 0.3 is 12.0 Å². The van der Waals surface area contributed by atoms with Gasteiger partial charge in [0.05, 0.1) is 12.6 Å². The van der Waals surface area contributed by atoms with E-state index >= 15 is 0 Å². The highest BCUT2D eigenvalue weighted by Crippen LogP contribution is 2.13. The number of carbonyl (C=O) groups is 3. The molecule has 0 aliphatic carbocycles. The number of carboxylic acid groups (broad SMARTS) is 1. The zero-order valence-electron chi connectivity index (χ0n) is 12.3. The van der Waals surface area contributed by atoms with E-state index in [1.165, 1.54) is 0 Å². The van der Waals surface area contributed by atoms with E-state index in [1.54, 1.807) is 4.90 Å². The number of likely N-dealkylation sites (tertiary alicyclic amines) is 1. The van der Waals surface area contributed by atoms with Crippen molar-refractivity contribution in [3.8, 4) is 0 Å². The molecule has 21 heavy (non-hydrogen) atoms. The molecule has 0 radical (unpaired) electrons. The van der Waals surface area contributed by atoms with Crippen LogP contribution in [-0.2, 0) is 14.3 Å². The van der Waals surface area contributed by atoms with Gasteiger partial charge in [0.25, 0.3) is 0 Å². The third-order valence-electron chi connectivity index (χ3n) is 3.06. The minimum atomic E-state index is -1.12. The summed E-state index contributed by atoms with van der Waals surface area (Å²) in [5.41, 5.74) is 0. The fraction of sp³-hybridized carbons (Fsp3) is 0.769. The minimum Gasteiger partial charge on any atom is -0.480 e. The van der Waals surface area contributed by atoms with Crippen molar-refractivity contribution in [2.24, 2.45) is 0 Å². The second kappa shape index (κ2) is 9.17. The molecule has 1 atom stereocenters. The van der Waals surface area contributed by atoms with Crippen LogP contribution >= 0.6 is 0 Å². The predicted octanol–water partition coefficient (Wildman–Crippen LogP) is -0.212. The Bertz CT molecular complexity index is 375. The van der Waals surface area contributed by atoms with Crippen molar-refractivity contribution >= 4 is 17.9 Å². The van der Waals surface area contributed by atoms with E-state index in [2.05, 4.69) is 10.6 Å². The third kappa shape index (κ3) is 6.94. The Morgan fingerprint density at radius 1 is 1.29 bits per heavy atom. The Hall–Kier alpha value is -1.83. The van der Waals surface area contributed by atoms with Crippen molar-refractivity contribution in [1.82, 2.24) is 15.5 Å². The number of carboxylic acids is 1. The molecule has 3 amide bonds. The lowest BCUT2D eigenvalue weighted by Crippen LogP contribution is -2.50. The number of piperidine rings is 1. The monoisotopic (exact) mass is 301 g/mol. The van der Waals surface area contributed by atoms with Crippen LogP contribution < -0.4 is 10.6 Å². The zero-order valence-corrected chi connectivity index (χ0v) is 12.3. The van der Waals surface area contributed by atoms with Gasteiger partial charge in [-0.2, -0.15) is 0 Å². The Morgan fingerprint density at radius 3 is 2.71 bits per heavy atom. The van der Waals surface area contributed by atoms with Gasteiger partial charge in [-0.3, -0.25) is 9.59 Å². The average Bonchev–Trinajstić information content (AvgIpc) is 2.48. The first-order valence-corrected chi connectivity index (χ1v) is 7.15. The van der Waals surface area contributed by atoms with E-state index < -0.39 is 18.4 Å². The topological polar surface area (TPSA) is 108 Å². The summed E-state index contributed by atoms with van der Waals surface area (Å²) in [7, 11) is 0. The molecule has 0 saturated carbocycles. The molecular formula is C13H23N3O5. The normalized spacial score (nSPS) is 18.1. The molecule has 8 heteroatoms. The van der Waals surface area contributed by atoms with Crippen LogP contribution in [0.5, 0.6) is 0 Å². The molecule has 1 fully saturated rings. The first-order valence-electron chi connectivity index (χ1n) is 7.15. The summed E-state index contributed by atoms with van der Waals surface area (Å²) in [6, 6.07) is -0.328. The molecule has 0 aromatic rings. The molecule has 8 nitrogen and oxygen atoms in total. The van der Waals surface area contributed by atoms with Gasteiger partial charge in [-0.15, -0.1) is 0 Å². The predicted molar refractivity (Wildman–Crippen MR) is 74.9 cm³/mol. The van der Waals surface area contributed by atoms with Crippen molar-refractivity contribution in [2.75, 3.05) is 32.8 Å². The van der Waals surface area contributed by atoms with Gasteiger partial charge in [-0.1, -0.05) is 6.92 Å². The van der Waals surface area contributed by atoms with Crippen molar-refractivity contribution in [2.45, 2.75) is 32.3 Å². The highest BCUT2D eigenvalue weighted by atomic mass is 16.5. The number of nitrogens with zero attached hydrogens (tertiary/aromatic N) is 1. The van der Waals surface area contributed by atoms with Crippen molar-refractivity contribution in [3.63, 3.8) is 0 Å². The van der Waals surface area contributed by atoms with E-state index in [0.29, 0.717) is 19.7 Å². The smallest absolute Gasteiger partial charge is 0.322 e. The summed E-state index contributed by atoms with van der Waals surface area (Å²) in [6.45, 7) is 3.17. The number of ether oxygens (including phenoxy) is 1. The van der Waals surface area contributed by atoms with Gasteiger partial charge in [0, 0.05) is 19.7 Å². The van der Waals surface area contributed by atoms with Gasteiger partial charge in [0.2, 0.25) is 5.91 Å². The Labute approximate surface area is 123 Å². The van der Waals surface area contributed by atoms with E-state index in [4.69, 9.17) is 9.84 Å². The maximum atomic E-state index is 11.9. The lowest BCUT2D eigenvalue weighted by atomic mass is 10.1. The quantitative estimate of drug-likeness (QED) is 0.603. The standard InChI is InChI=1S/C13H23N3O5/c1-2-6-21-10-4-3-5-16(9-10)13(20)15-7-11(17)14-8-12(18)19/h10H,2-9H2,1H3,(H,14,17)(H,15,20)(H,18,19). The average molecular weight is 301 g/mol. The molecule has 1 unspecified atom stereocenters. The number of hydrogen-bond acceptors (Lipinski definition) is 4. The number of aliphatic carboxylic acids is 1. The summed E-state index contributed by atoms with van der Waals surface area (Å²) < 4.78 is 5.64. The third-order valence-corrected chi connectivity index (χ3v) is 3.06. The number of hydrogen-bond donors (Lipinski definition) is 3. The van der Waals surface area contributed by atoms with Crippen LogP contribution in [0.15, 0.2) is 0 Å². The lowest BCUT2D eigenvalue weighted by molar-refractivity contribution is -0.137. The molecule has 0 aromatic heterocycles. The SMILES string of the molecule is CCCOC1CCCN(C(=O)NCC(=O)NCC(=O)O)C1. The molecule has 1 aliphatic rings. The van der Waals surface area contributed by atoms with Gasteiger partial charge in [0.15, 0.2) is 0 Å². The highest BCUT2D eigenvalue weighted by Gasteiger charge is 2.24. The van der Waals surface area contributed by atoms with Crippen LogP contribution in [0.2, 0.25) is 0 Å². The number of urea groups is 1. The van der Waals surface area contributed by atoms with Crippen LogP contribution in [0.4, 0.5) is 4.79 Å². The molecule has 0 bridgehead atoms. The summed E-state index contributed by atoms with van der Waals surface area (Å²) in [5.74, 6) is -1.65. The molecule has 1 rings (SSSR count). The second-order valence-corrected chi connectivity index (χ2v) is 4.91. The molecule has 1 saturated heterocycles. The maximum Gasteiger partial charge on any atom is 0.322 e. The highest BCUT2D eigenvalue weighted by molar-refractivity contribution is 5.86. The zero-order chi connectivity index (χ0) is 15.7. The first kappa shape index (κ1) is 17.2. The summed E-state index contributed by atoms with van der Waals surface area (Å²) in [5, 5.41) is 13.1. The number of rotatable bonds is 7. The molecule has 120 valence electrons. The Balaban J connectivity index is 2.27. The number of amides is 3. The number of nitrogens with one attached hydrogen (secondary N) is 2. The van der Waals surface area contributed by atoms with Gasteiger partial charge in [0.1, 0.15) is 6.54 Å². The van der Waals surface area contributed by atoms with E-state index in [-0.39, 0.29) is 18.7 Å². The summed E-state index contributed by atoms with van der Waals surface area (Å²) >= 11 is 0. The minimum absolute atomic E-state index is 0.0466. The summed E-state index contributed by atoms with van der Waals surface area (Å²) in [6.07, 6.45) is 2.78. The van der Waals surface area contributed by atoms with Crippen LogP contribution in [0.3, 0.4) is 0 Å². The van der Waals surface area contributed by atoms with Crippen LogP contribution in [0.1, 0.15) is 26.2 Å². The largest absolute Gasteiger partial charge is 0.480 e. The molecule has 1 heterocycles. The first-order chi connectivity index (χ1) is 10.0. The lowest BCUT2D eigenvalue weighted by Gasteiger charge is -2.32. The fourth-order valence-corrected chi connectivity index (χ4v) is 2.05. The van der Waals surface area contributed by atoms with Crippen molar-refractivity contribution < 1.29 is 24.2 Å². The van der Waals surface area contributed by atoms with Gasteiger partial charge in [-0.05, 0) is 19.3 Å². The maximum absolute atomic E-state index is 11.9. The fourth-order valence-electron chi connectivity index (χ4n) is 2.05. The van der Waals surface area contributed by atoms with E-state index in [0.717, 1.165) is 19.3 Å². The molecular weight excluding hydrogens is 278 g/mol. The van der Waals surface area contributed by atoms with Crippen LogP contribution in [0, 0.1) is 0 Å². The number of carbonyl (C=O) groups excluding carboxylic acids is 2. The van der Waals surface area contributed by atoms with Crippen molar-refractivity contribution in [3.05, 3.63) is 0 Å². The van der Waals surface area contributed by atoms with Crippen LogP contribution in [0.25, 0.3) is 0 Å². The molecule has 0 spiro atoms. The Morgan fingerprint density at radius 2 is 2.05 bits per heavy atom. The van der Waals surface area contributed by atoms with E-state index in [9.17, 15) is 14.4 Å². The Kier molecular flexibility index (Phi) is 7.52. The van der Waals surface area contributed by atoms with E-state index in [1.807, 2.05) is 6.92 Å². The van der Waals surface area contributed by atoms with Crippen molar-refractivity contribution in [1.29, 1.82) is 0 Å².